The van der Waals surface area contributed by atoms with Gasteiger partial charge in [0.2, 0.25) is 0 Å². The molecule has 0 aliphatic carbocycles. The van der Waals surface area contributed by atoms with Crippen LogP contribution in [0.3, 0.4) is 0 Å². The normalized spacial score (nSPS) is 15.2. The van der Waals surface area contributed by atoms with E-state index in [1.165, 1.54) is 0 Å². The fourth-order valence-corrected chi connectivity index (χ4v) is 2.53. The second-order valence-electron chi connectivity index (χ2n) is 8.56. The van der Waals surface area contributed by atoms with E-state index in [-0.39, 0.29) is 12.3 Å². The lowest BCUT2D eigenvalue weighted by Crippen LogP contribution is -2.71. The summed E-state index contributed by atoms with van der Waals surface area (Å²) in [6.07, 6.45) is -19.8. The van der Waals surface area contributed by atoms with E-state index in [0.29, 0.717) is 0 Å². The minimum absolute atomic E-state index is 0.0429. The van der Waals surface area contributed by atoms with Crippen molar-refractivity contribution in [1.82, 2.24) is 0 Å². The fraction of sp³-hybridized carbons (Fsp3) is 0.765. The van der Waals surface area contributed by atoms with E-state index >= 15 is 0 Å². The molecule has 0 aliphatic heterocycles. The summed E-state index contributed by atoms with van der Waals surface area (Å²) in [5, 5.41) is 0. The largest absolute Gasteiger partial charge is 0.473 e. The molecule has 20 heteroatoms. The van der Waals surface area contributed by atoms with Gasteiger partial charge in [-0.25, -0.2) is 9.59 Å². The summed E-state index contributed by atoms with van der Waals surface area (Å²) >= 11 is 0. The third kappa shape index (κ3) is 7.92. The van der Waals surface area contributed by atoms with Gasteiger partial charge in [0.1, 0.15) is 0 Å². The Morgan fingerprint density at radius 2 is 1.03 bits per heavy atom. The van der Waals surface area contributed by atoms with Crippen molar-refractivity contribution >= 4 is 20.0 Å². The number of esters is 2. The molecule has 0 aromatic rings. The molecule has 0 radical (unpaired) electrons. The van der Waals surface area contributed by atoms with Crippen molar-refractivity contribution in [3.8, 4) is 0 Å². The maximum Gasteiger partial charge on any atom is 0.473 e. The highest BCUT2D eigenvalue weighted by molar-refractivity contribution is 6.76. The summed E-state index contributed by atoms with van der Waals surface area (Å²) in [7, 11) is -2.06. The highest BCUT2D eigenvalue weighted by Crippen LogP contribution is 2.61. The van der Waals surface area contributed by atoms with Crippen molar-refractivity contribution in [2.75, 3.05) is 6.23 Å². The van der Waals surface area contributed by atoms with Crippen LogP contribution in [-0.2, 0) is 19.1 Å². The molecular weight excluding hydrogens is 581 g/mol. The van der Waals surface area contributed by atoms with Gasteiger partial charge in [0.25, 0.3) is 0 Å². The molecule has 0 bridgehead atoms. The van der Waals surface area contributed by atoms with Crippen LogP contribution in [0.4, 0.5) is 65.9 Å². The van der Waals surface area contributed by atoms with Gasteiger partial charge in [0.15, 0.2) is 0 Å². The average Bonchev–Trinajstić information content (AvgIpc) is 2.67. The highest BCUT2D eigenvalue weighted by atomic mass is 28.3. The number of rotatable bonds is 12. The number of carbonyl (C=O) groups is 2. The SMILES string of the molecule is C[Si](C)(C)COC(=O)C=CC(=O)OC(F)(F)C(F)(F)C(F)(F)C(F)(F)C(F)(F)C(F)(F)CCC(F)(F)F. The molecule has 0 saturated heterocycles. The van der Waals surface area contributed by atoms with Crippen LogP contribution in [0.5, 0.6) is 0 Å². The molecule has 0 aromatic heterocycles. The van der Waals surface area contributed by atoms with Crippen LogP contribution in [0, 0.1) is 0 Å². The first kappa shape index (κ1) is 34.8. The standard InChI is InChI=1S/C17H17F15O4Si/c1-37(2,3)8-35-9(33)4-5-10(34)36-17(31,32)16(29,30)15(27,28)14(25,26)13(23,24)11(18,19)6-7-12(20,21)22/h4-5H,6-8H2,1-3H3. The van der Waals surface area contributed by atoms with Crippen LogP contribution in [0.2, 0.25) is 19.6 Å². The van der Waals surface area contributed by atoms with Gasteiger partial charge in [0.05, 0.1) is 14.3 Å². The first-order valence-corrected chi connectivity index (χ1v) is 13.1. The summed E-state index contributed by atoms with van der Waals surface area (Å²) in [6.45, 7) is 4.98. The Labute approximate surface area is 198 Å². The van der Waals surface area contributed by atoms with Crippen molar-refractivity contribution in [3.05, 3.63) is 12.2 Å². The molecule has 218 valence electrons. The summed E-state index contributed by atoms with van der Waals surface area (Å²) in [5.74, 6) is -42.9. The van der Waals surface area contributed by atoms with Gasteiger partial charge >= 0.3 is 53.8 Å². The van der Waals surface area contributed by atoms with Crippen LogP contribution in [0.15, 0.2) is 12.2 Å². The Kier molecular flexibility index (Phi) is 9.93. The molecule has 0 spiro atoms. The second kappa shape index (κ2) is 10.5. The lowest BCUT2D eigenvalue weighted by atomic mass is 9.91. The van der Waals surface area contributed by atoms with Crippen LogP contribution < -0.4 is 0 Å². The number of carbonyl (C=O) groups excluding carboxylic acids is 2. The molecular formula is C17H17F15O4Si. The van der Waals surface area contributed by atoms with E-state index in [0.717, 1.165) is 0 Å². The number of ether oxygens (including phenoxy) is 2. The van der Waals surface area contributed by atoms with Crippen molar-refractivity contribution < 1.29 is 84.9 Å². The van der Waals surface area contributed by atoms with Crippen molar-refractivity contribution in [2.45, 2.75) is 74.4 Å². The summed E-state index contributed by atoms with van der Waals surface area (Å²) in [4.78, 5) is 22.5. The predicted molar refractivity (Wildman–Crippen MR) is 94.5 cm³/mol. The predicted octanol–water partition coefficient (Wildman–Crippen LogP) is 6.62. The molecule has 0 heterocycles. The van der Waals surface area contributed by atoms with Gasteiger partial charge in [-0.15, -0.1) is 0 Å². The lowest BCUT2D eigenvalue weighted by molar-refractivity contribution is -0.451. The number of alkyl halides is 15. The van der Waals surface area contributed by atoms with Crippen molar-refractivity contribution in [2.24, 2.45) is 0 Å². The minimum atomic E-state index is -8.16. The Morgan fingerprint density at radius 3 is 1.43 bits per heavy atom. The lowest BCUT2D eigenvalue weighted by Gasteiger charge is -2.40. The van der Waals surface area contributed by atoms with Crippen molar-refractivity contribution in [3.63, 3.8) is 0 Å². The fourth-order valence-electron chi connectivity index (χ4n) is 1.96. The van der Waals surface area contributed by atoms with Gasteiger partial charge in [-0.3, -0.25) is 0 Å². The monoisotopic (exact) mass is 598 g/mol. The molecule has 0 fully saturated rings. The van der Waals surface area contributed by atoms with E-state index in [2.05, 4.69) is 9.47 Å². The Hall–Kier alpha value is -2.15. The zero-order valence-electron chi connectivity index (χ0n) is 18.6. The molecule has 0 N–H and O–H groups in total. The van der Waals surface area contributed by atoms with Gasteiger partial charge in [-0.05, 0) is 0 Å². The summed E-state index contributed by atoms with van der Waals surface area (Å²) in [5.41, 5.74) is 0. The summed E-state index contributed by atoms with van der Waals surface area (Å²) < 4.78 is 206. The maximum atomic E-state index is 13.7. The van der Waals surface area contributed by atoms with Crippen LogP contribution in [0.25, 0.3) is 0 Å². The Morgan fingerprint density at radius 1 is 0.622 bits per heavy atom. The first-order valence-electron chi connectivity index (χ1n) is 9.37. The molecule has 4 nitrogen and oxygen atoms in total. The molecule has 0 aliphatic rings. The van der Waals surface area contributed by atoms with E-state index in [1.54, 1.807) is 19.6 Å². The molecule has 0 aromatic carbocycles. The van der Waals surface area contributed by atoms with Crippen LogP contribution in [0.1, 0.15) is 12.8 Å². The highest BCUT2D eigenvalue weighted by Gasteiger charge is 2.91. The molecule has 0 unspecified atom stereocenters. The molecule has 0 atom stereocenters. The van der Waals surface area contributed by atoms with Gasteiger partial charge < -0.3 is 9.47 Å². The topological polar surface area (TPSA) is 52.6 Å². The van der Waals surface area contributed by atoms with E-state index < -0.39 is 80.8 Å². The van der Waals surface area contributed by atoms with Crippen LogP contribution >= 0.6 is 0 Å². The second-order valence-corrected chi connectivity index (χ2v) is 14.0. The third-order valence-electron chi connectivity index (χ3n) is 3.96. The average molecular weight is 598 g/mol. The Bertz CT molecular complexity index is 860. The quantitative estimate of drug-likeness (QED) is 0.110. The molecule has 37 heavy (non-hydrogen) atoms. The molecule has 0 rings (SSSR count). The first-order chi connectivity index (χ1) is 16.0. The summed E-state index contributed by atoms with van der Waals surface area (Å²) in [6, 6.07) is 0. The van der Waals surface area contributed by atoms with Crippen molar-refractivity contribution in [1.29, 1.82) is 0 Å². The van der Waals surface area contributed by atoms with E-state index in [4.69, 9.17) is 0 Å². The number of halogens is 15. The molecule has 0 saturated carbocycles. The van der Waals surface area contributed by atoms with Gasteiger partial charge in [-0.2, -0.15) is 65.9 Å². The minimum Gasteiger partial charge on any atom is -0.466 e. The van der Waals surface area contributed by atoms with Crippen LogP contribution in [-0.4, -0.2) is 68.1 Å². The zero-order chi connectivity index (χ0) is 30.1. The van der Waals surface area contributed by atoms with Gasteiger partial charge in [0, 0.05) is 25.0 Å². The molecule has 0 amide bonds. The van der Waals surface area contributed by atoms with E-state index in [1.807, 2.05) is 0 Å². The maximum absolute atomic E-state index is 13.7. The smallest absolute Gasteiger partial charge is 0.466 e. The Balaban J connectivity index is 5.95. The number of hydrogen-bond acceptors (Lipinski definition) is 4. The third-order valence-corrected chi connectivity index (χ3v) is 4.97. The van der Waals surface area contributed by atoms with Gasteiger partial charge in [-0.1, -0.05) is 19.6 Å². The number of hydrogen-bond donors (Lipinski definition) is 0. The van der Waals surface area contributed by atoms with E-state index in [9.17, 15) is 75.4 Å². The zero-order valence-corrected chi connectivity index (χ0v) is 19.6.